The number of hydrogen-bond acceptors (Lipinski definition) is 4. The molecule has 0 bridgehead atoms. The first kappa shape index (κ1) is 14.4. The second-order valence-corrected chi connectivity index (χ2v) is 4.08. The number of anilines is 2. The lowest BCUT2D eigenvalue weighted by Gasteiger charge is -2.09. The van der Waals surface area contributed by atoms with E-state index in [0.29, 0.717) is 6.07 Å². The molecule has 2 aromatic carbocycles. The maximum atomic E-state index is 13.1. The van der Waals surface area contributed by atoms with Gasteiger partial charge in [0.15, 0.2) is 0 Å². The minimum Gasteiger partial charge on any atom is -0.478 e. The Hall–Kier alpha value is -3.03. The number of carboxylic acids is 1. The highest BCUT2D eigenvalue weighted by molar-refractivity contribution is 5.96. The average molecular weight is 294 g/mol. The Bertz CT molecular complexity index is 714. The number of carbonyl (C=O) groups is 1. The third-order valence-electron chi connectivity index (χ3n) is 2.59. The van der Waals surface area contributed by atoms with Gasteiger partial charge in [0.2, 0.25) is 0 Å². The number of hydrogen-bond donors (Lipinski definition) is 2. The summed E-state index contributed by atoms with van der Waals surface area (Å²) in [7, 11) is 0. The summed E-state index contributed by atoms with van der Waals surface area (Å²) < 4.78 is 26.1. The molecule has 21 heavy (non-hydrogen) atoms. The maximum absolute atomic E-state index is 13.1. The maximum Gasteiger partial charge on any atom is 0.338 e. The molecule has 0 saturated heterocycles. The number of carboxylic acid groups (broad SMARTS) is 1. The number of nitrogens with zero attached hydrogens (tertiary/aromatic N) is 1. The Labute approximate surface area is 116 Å². The number of non-ortho nitro benzene ring substituents is 1. The van der Waals surface area contributed by atoms with Crippen LogP contribution in [-0.4, -0.2) is 16.0 Å². The molecular formula is C13H8F2N2O4. The molecule has 0 amide bonds. The van der Waals surface area contributed by atoms with Gasteiger partial charge in [0, 0.05) is 23.9 Å². The molecule has 108 valence electrons. The summed E-state index contributed by atoms with van der Waals surface area (Å²) in [4.78, 5) is 21.0. The summed E-state index contributed by atoms with van der Waals surface area (Å²) in [5.74, 6) is -3.08. The molecule has 8 heteroatoms. The van der Waals surface area contributed by atoms with Crippen molar-refractivity contribution in [1.82, 2.24) is 0 Å². The molecule has 0 radical (unpaired) electrons. The largest absolute Gasteiger partial charge is 0.478 e. The third kappa shape index (κ3) is 3.30. The molecule has 0 aliphatic rings. The molecule has 2 N–H and O–H groups in total. The van der Waals surface area contributed by atoms with Gasteiger partial charge in [-0.2, -0.15) is 0 Å². The molecule has 0 spiro atoms. The summed E-state index contributed by atoms with van der Waals surface area (Å²) in [6.07, 6.45) is 0. The average Bonchev–Trinajstić information content (AvgIpc) is 2.37. The molecule has 0 unspecified atom stereocenters. The van der Waals surface area contributed by atoms with E-state index in [-0.39, 0.29) is 16.9 Å². The smallest absolute Gasteiger partial charge is 0.338 e. The zero-order valence-corrected chi connectivity index (χ0v) is 10.3. The zero-order valence-electron chi connectivity index (χ0n) is 10.3. The van der Waals surface area contributed by atoms with Gasteiger partial charge in [-0.05, 0) is 18.2 Å². The van der Waals surface area contributed by atoms with Gasteiger partial charge >= 0.3 is 5.97 Å². The van der Waals surface area contributed by atoms with Crippen LogP contribution in [-0.2, 0) is 0 Å². The summed E-state index contributed by atoms with van der Waals surface area (Å²) in [6.45, 7) is 0. The fourth-order valence-electron chi connectivity index (χ4n) is 1.71. The predicted octanol–water partition coefficient (Wildman–Crippen LogP) is 3.31. The first-order chi connectivity index (χ1) is 9.86. The van der Waals surface area contributed by atoms with Crippen LogP contribution in [0.15, 0.2) is 36.4 Å². The first-order valence-electron chi connectivity index (χ1n) is 5.61. The molecule has 0 saturated carbocycles. The van der Waals surface area contributed by atoms with Crippen LogP contribution in [0, 0.1) is 21.7 Å². The van der Waals surface area contributed by atoms with Crippen molar-refractivity contribution in [3.8, 4) is 0 Å². The molecule has 0 atom stereocenters. The lowest BCUT2D eigenvalue weighted by atomic mass is 10.1. The second-order valence-electron chi connectivity index (χ2n) is 4.08. The number of benzene rings is 2. The lowest BCUT2D eigenvalue weighted by Crippen LogP contribution is -2.04. The second kappa shape index (κ2) is 5.53. The van der Waals surface area contributed by atoms with Crippen LogP contribution in [0.25, 0.3) is 0 Å². The van der Waals surface area contributed by atoms with E-state index in [1.165, 1.54) is 0 Å². The Kier molecular flexibility index (Phi) is 3.79. The highest BCUT2D eigenvalue weighted by Gasteiger charge is 2.16. The van der Waals surface area contributed by atoms with Crippen molar-refractivity contribution in [3.63, 3.8) is 0 Å². The van der Waals surface area contributed by atoms with E-state index < -0.39 is 28.2 Å². The minimum absolute atomic E-state index is 0.0103. The van der Waals surface area contributed by atoms with Crippen molar-refractivity contribution in [1.29, 1.82) is 0 Å². The van der Waals surface area contributed by atoms with Gasteiger partial charge < -0.3 is 10.4 Å². The Morgan fingerprint density at radius 1 is 1.14 bits per heavy atom. The SMILES string of the molecule is O=C(O)c1cc([N+](=O)[O-])ccc1Nc1cc(F)cc(F)c1. The number of nitro groups is 1. The monoisotopic (exact) mass is 294 g/mol. The van der Waals surface area contributed by atoms with Crippen molar-refractivity contribution >= 4 is 23.0 Å². The van der Waals surface area contributed by atoms with Crippen LogP contribution in [0.2, 0.25) is 0 Å². The highest BCUT2D eigenvalue weighted by atomic mass is 19.1. The number of nitro benzene ring substituents is 1. The van der Waals surface area contributed by atoms with Crippen LogP contribution in [0.1, 0.15) is 10.4 Å². The topological polar surface area (TPSA) is 92.5 Å². The van der Waals surface area contributed by atoms with Gasteiger partial charge in [-0.3, -0.25) is 10.1 Å². The van der Waals surface area contributed by atoms with E-state index in [4.69, 9.17) is 5.11 Å². The quantitative estimate of drug-likeness (QED) is 0.666. The van der Waals surface area contributed by atoms with Crippen LogP contribution in [0.5, 0.6) is 0 Å². The van der Waals surface area contributed by atoms with Crippen LogP contribution >= 0.6 is 0 Å². The van der Waals surface area contributed by atoms with E-state index in [1.807, 2.05) is 0 Å². The van der Waals surface area contributed by atoms with Crippen molar-refractivity contribution in [3.05, 3.63) is 63.7 Å². The molecule has 0 aliphatic heterocycles. The fraction of sp³-hybridized carbons (Fsp3) is 0. The van der Waals surface area contributed by atoms with Crippen LogP contribution < -0.4 is 5.32 Å². The lowest BCUT2D eigenvalue weighted by molar-refractivity contribution is -0.384. The predicted molar refractivity (Wildman–Crippen MR) is 69.7 cm³/mol. The van der Waals surface area contributed by atoms with Crippen LogP contribution in [0.3, 0.4) is 0 Å². The number of rotatable bonds is 4. The Balaban J connectivity index is 2.43. The normalized spacial score (nSPS) is 10.2. The minimum atomic E-state index is -1.40. The number of halogens is 2. The van der Waals surface area contributed by atoms with Crippen molar-refractivity contribution in [2.45, 2.75) is 0 Å². The molecule has 2 aromatic rings. The summed E-state index contributed by atoms with van der Waals surface area (Å²) >= 11 is 0. The van der Waals surface area contributed by atoms with Crippen molar-refractivity contribution in [2.24, 2.45) is 0 Å². The van der Waals surface area contributed by atoms with Gasteiger partial charge in [-0.1, -0.05) is 0 Å². The van der Waals surface area contributed by atoms with Crippen molar-refractivity contribution < 1.29 is 23.6 Å². The van der Waals surface area contributed by atoms with E-state index >= 15 is 0 Å². The fourth-order valence-corrected chi connectivity index (χ4v) is 1.71. The third-order valence-corrected chi connectivity index (χ3v) is 2.59. The van der Waals surface area contributed by atoms with E-state index in [0.717, 1.165) is 30.3 Å². The standard InChI is InChI=1S/C13H8F2N2O4/c14-7-3-8(15)5-9(4-7)16-12-2-1-10(17(20)21)6-11(12)13(18)19/h1-6,16H,(H,18,19). The zero-order chi connectivity index (χ0) is 15.6. The van der Waals surface area contributed by atoms with E-state index in [1.54, 1.807) is 0 Å². The molecule has 0 heterocycles. The molecule has 0 fully saturated rings. The van der Waals surface area contributed by atoms with Gasteiger partial charge in [-0.15, -0.1) is 0 Å². The molecule has 6 nitrogen and oxygen atoms in total. The van der Waals surface area contributed by atoms with Gasteiger partial charge in [0.25, 0.3) is 5.69 Å². The molecular weight excluding hydrogens is 286 g/mol. The van der Waals surface area contributed by atoms with Crippen LogP contribution in [0.4, 0.5) is 25.8 Å². The summed E-state index contributed by atoms with van der Waals surface area (Å²) in [6, 6.07) is 5.71. The number of nitrogens with one attached hydrogen (secondary N) is 1. The summed E-state index contributed by atoms with van der Waals surface area (Å²) in [5, 5.41) is 22.2. The van der Waals surface area contributed by atoms with Gasteiger partial charge in [0.05, 0.1) is 16.2 Å². The Morgan fingerprint density at radius 3 is 2.29 bits per heavy atom. The highest BCUT2D eigenvalue weighted by Crippen LogP contribution is 2.26. The summed E-state index contributed by atoms with van der Waals surface area (Å²) in [5.41, 5.74) is -0.806. The first-order valence-corrected chi connectivity index (χ1v) is 5.61. The van der Waals surface area contributed by atoms with Crippen molar-refractivity contribution in [2.75, 3.05) is 5.32 Å². The molecule has 2 rings (SSSR count). The molecule has 0 aliphatic carbocycles. The van der Waals surface area contributed by atoms with Gasteiger partial charge in [-0.25, -0.2) is 13.6 Å². The number of aromatic carboxylic acids is 1. The molecule has 0 aromatic heterocycles. The van der Waals surface area contributed by atoms with Gasteiger partial charge in [0.1, 0.15) is 11.6 Å². The van der Waals surface area contributed by atoms with E-state index in [9.17, 15) is 23.7 Å². The Morgan fingerprint density at radius 2 is 1.76 bits per heavy atom. The van der Waals surface area contributed by atoms with E-state index in [2.05, 4.69) is 5.32 Å².